The molecule has 52 heavy (non-hydrogen) atoms. The molecule has 0 radical (unpaired) electrons. The minimum atomic E-state index is -1.53. The van der Waals surface area contributed by atoms with Gasteiger partial charge in [-0.1, -0.05) is 43.2 Å². The van der Waals surface area contributed by atoms with E-state index in [2.05, 4.69) is 26.5 Å². The second-order valence-corrected chi connectivity index (χ2v) is 17.3. The number of nitriles is 1. The largest absolute Gasteiger partial charge is 0.444 e. The minimum absolute atomic E-state index is 0.0454. The number of alkyl carbamates (subject to hydrolysis) is 1. The normalized spacial score (nSPS) is 14.9. The molecule has 0 saturated heterocycles. The van der Waals surface area contributed by atoms with Crippen molar-refractivity contribution in [3.63, 3.8) is 0 Å². The predicted molar refractivity (Wildman–Crippen MR) is 201 cm³/mol. The Morgan fingerprint density at radius 3 is 2.33 bits per heavy atom. The monoisotopic (exact) mass is 726 g/mol. The Hall–Kier alpha value is -4.86. The summed E-state index contributed by atoms with van der Waals surface area (Å²) < 4.78 is 39.1. The van der Waals surface area contributed by atoms with Crippen LogP contribution in [0.5, 0.6) is 0 Å². The van der Waals surface area contributed by atoms with Crippen LogP contribution in [0.1, 0.15) is 106 Å². The van der Waals surface area contributed by atoms with E-state index >= 15 is 4.39 Å². The van der Waals surface area contributed by atoms with Gasteiger partial charge >= 0.3 is 6.09 Å². The number of carbonyl (C=O) groups is 2. The van der Waals surface area contributed by atoms with Crippen molar-refractivity contribution in [2.45, 2.75) is 96.6 Å². The fraction of sp³-hybridized carbons (Fsp3) is 0.400. The van der Waals surface area contributed by atoms with Crippen LogP contribution >= 0.6 is 0 Å². The zero-order valence-corrected chi connectivity index (χ0v) is 31.6. The number of carbonyl (C=O) groups excluding carboxylic acids is 2. The summed E-state index contributed by atoms with van der Waals surface area (Å²) in [6.07, 6.45) is 3.10. The average molecular weight is 727 g/mol. The maximum atomic E-state index is 15.6. The molecule has 4 aromatic rings. The molecular weight excluding hydrogens is 680 g/mol. The Morgan fingerprint density at radius 1 is 1.00 bits per heavy atom. The van der Waals surface area contributed by atoms with Crippen molar-refractivity contribution in [2.75, 3.05) is 5.32 Å². The van der Waals surface area contributed by atoms with E-state index in [0.29, 0.717) is 34.8 Å². The number of rotatable bonds is 12. The highest BCUT2D eigenvalue weighted by Gasteiger charge is 2.40. The van der Waals surface area contributed by atoms with E-state index < -0.39 is 44.7 Å². The van der Waals surface area contributed by atoms with E-state index in [1.54, 1.807) is 76.2 Å². The summed E-state index contributed by atoms with van der Waals surface area (Å²) in [5.74, 6) is -0.678. The van der Waals surface area contributed by atoms with Crippen LogP contribution < -0.4 is 15.4 Å². The quantitative estimate of drug-likeness (QED) is 0.136. The van der Waals surface area contributed by atoms with Crippen molar-refractivity contribution >= 4 is 28.7 Å². The third kappa shape index (κ3) is 9.52. The van der Waals surface area contributed by atoms with Gasteiger partial charge in [-0.2, -0.15) is 10.4 Å². The maximum absolute atomic E-state index is 15.6. The van der Waals surface area contributed by atoms with Crippen LogP contribution in [0.4, 0.5) is 14.9 Å². The molecule has 1 unspecified atom stereocenters. The number of nitrogens with zero attached hydrogens (tertiary/aromatic N) is 3. The number of benzene rings is 3. The fourth-order valence-electron chi connectivity index (χ4n) is 5.81. The van der Waals surface area contributed by atoms with Crippen LogP contribution in [0, 0.1) is 30.0 Å². The van der Waals surface area contributed by atoms with E-state index in [9.17, 15) is 19.1 Å². The number of aromatic nitrogens is 2. The summed E-state index contributed by atoms with van der Waals surface area (Å²) in [7, 11) is -1.53. The first-order valence-corrected chi connectivity index (χ1v) is 18.6. The molecule has 2 atom stereocenters. The number of halogens is 1. The Balaban J connectivity index is 1.49. The molecule has 1 heterocycles. The van der Waals surface area contributed by atoms with Crippen molar-refractivity contribution in [3.05, 3.63) is 112 Å². The smallest absolute Gasteiger partial charge is 0.407 e. The average Bonchev–Trinajstić information content (AvgIpc) is 3.84. The van der Waals surface area contributed by atoms with Crippen LogP contribution in [0.3, 0.4) is 0 Å². The van der Waals surface area contributed by atoms with Crippen molar-refractivity contribution in [1.29, 1.82) is 5.26 Å². The zero-order chi connectivity index (χ0) is 37.8. The molecule has 1 aromatic heterocycles. The molecule has 10 nitrogen and oxygen atoms in total. The van der Waals surface area contributed by atoms with Crippen molar-refractivity contribution in [1.82, 2.24) is 19.8 Å². The Bertz CT molecular complexity index is 2000. The molecule has 0 bridgehead atoms. The van der Waals surface area contributed by atoms with E-state index in [0.717, 1.165) is 30.4 Å². The van der Waals surface area contributed by atoms with E-state index in [1.807, 2.05) is 39.0 Å². The van der Waals surface area contributed by atoms with Gasteiger partial charge in [0.1, 0.15) is 17.1 Å². The van der Waals surface area contributed by atoms with Crippen molar-refractivity contribution in [3.8, 4) is 11.8 Å². The number of anilines is 1. The third-order valence-electron chi connectivity index (χ3n) is 8.72. The summed E-state index contributed by atoms with van der Waals surface area (Å²) >= 11 is 0. The number of aryl methyl sites for hydroxylation is 1. The van der Waals surface area contributed by atoms with Gasteiger partial charge in [-0.15, -0.1) is 0 Å². The molecule has 3 aromatic carbocycles. The Labute approximate surface area is 307 Å². The lowest BCUT2D eigenvalue weighted by molar-refractivity contribution is 0.0523. The van der Waals surface area contributed by atoms with Gasteiger partial charge in [0, 0.05) is 6.54 Å². The standard InChI is InChI=1S/C40H47FN6O4S/c1-26-21-35(47(45-26)32-10-8-9-29(22-32)25-43-37(49)51-38(2,3)4)36(48)44-34-23-31(17-18-33(34)41)40(20-19-27-11-12-27,46-52(50)39(5,6)7)30-15-13-28(24-42)14-16-30/h8-10,13-18,21-23,27,46H,11-12,19-20,25H2,1-7H3,(H,43,49)(H,44,48)/t40?,52-/m0/s1. The van der Waals surface area contributed by atoms with Gasteiger partial charge in [0.05, 0.1) is 50.0 Å². The molecule has 0 spiro atoms. The lowest BCUT2D eigenvalue weighted by Crippen LogP contribution is -2.49. The SMILES string of the molecule is Cc1cc(C(=O)Nc2cc(C(CCC3CC3)(N[S@@](=O)C(C)(C)C)c3ccc(C#N)cc3)ccc2F)n(-c2cccc(CNC(=O)OC(C)(C)C)c2)n1. The van der Waals surface area contributed by atoms with E-state index in [4.69, 9.17) is 4.74 Å². The summed E-state index contributed by atoms with van der Waals surface area (Å²) in [5, 5.41) is 19.6. The van der Waals surface area contributed by atoms with Gasteiger partial charge in [-0.05, 0) is 126 Å². The number of ether oxygens (including phenoxy) is 1. The number of hydrogen-bond donors (Lipinski definition) is 3. The summed E-state index contributed by atoms with van der Waals surface area (Å²) in [6, 6.07) is 22.7. The topological polar surface area (TPSA) is 138 Å². The van der Waals surface area contributed by atoms with Gasteiger partial charge in [0.2, 0.25) is 0 Å². The zero-order valence-electron chi connectivity index (χ0n) is 30.8. The molecular formula is C40H47FN6O4S. The first-order chi connectivity index (χ1) is 24.5. The highest BCUT2D eigenvalue weighted by Crippen LogP contribution is 2.43. The van der Waals surface area contributed by atoms with Gasteiger partial charge in [0.25, 0.3) is 5.91 Å². The summed E-state index contributed by atoms with van der Waals surface area (Å²) in [5.41, 5.74) is 2.28. The molecule has 2 amide bonds. The van der Waals surface area contributed by atoms with Crippen LogP contribution in [-0.4, -0.2) is 36.3 Å². The minimum Gasteiger partial charge on any atom is -0.444 e. The highest BCUT2D eigenvalue weighted by molar-refractivity contribution is 7.84. The van der Waals surface area contributed by atoms with Crippen molar-refractivity contribution in [2.24, 2.45) is 5.92 Å². The molecule has 5 rings (SSSR count). The fourth-order valence-corrected chi connectivity index (χ4v) is 6.77. The Kier molecular flexibility index (Phi) is 11.4. The first kappa shape index (κ1) is 38.4. The van der Waals surface area contributed by atoms with Gasteiger partial charge < -0.3 is 15.4 Å². The number of hydrogen-bond acceptors (Lipinski definition) is 6. The molecule has 1 fully saturated rings. The Morgan fingerprint density at radius 2 is 1.69 bits per heavy atom. The van der Waals surface area contributed by atoms with E-state index in [1.165, 1.54) is 10.7 Å². The maximum Gasteiger partial charge on any atom is 0.407 e. The van der Waals surface area contributed by atoms with Crippen LogP contribution in [-0.2, 0) is 27.8 Å². The second-order valence-electron chi connectivity index (χ2n) is 15.3. The van der Waals surface area contributed by atoms with Crippen molar-refractivity contribution < 1.29 is 22.9 Å². The molecule has 1 aliphatic carbocycles. The molecule has 0 aliphatic heterocycles. The highest BCUT2D eigenvalue weighted by atomic mass is 32.2. The second kappa shape index (κ2) is 15.4. The molecule has 1 saturated carbocycles. The first-order valence-electron chi connectivity index (χ1n) is 17.4. The van der Waals surface area contributed by atoms with Crippen LogP contribution in [0.2, 0.25) is 0 Å². The van der Waals surface area contributed by atoms with E-state index in [-0.39, 0.29) is 17.9 Å². The van der Waals surface area contributed by atoms with Gasteiger partial charge in [0.15, 0.2) is 0 Å². The van der Waals surface area contributed by atoms with Crippen LogP contribution in [0.25, 0.3) is 5.69 Å². The number of amides is 2. The summed E-state index contributed by atoms with van der Waals surface area (Å²) in [4.78, 5) is 26.2. The predicted octanol–water partition coefficient (Wildman–Crippen LogP) is 7.95. The summed E-state index contributed by atoms with van der Waals surface area (Å²) in [6.45, 7) is 13.0. The molecule has 274 valence electrons. The van der Waals surface area contributed by atoms with Crippen LogP contribution in [0.15, 0.2) is 72.8 Å². The molecule has 1 aliphatic rings. The number of nitrogens with one attached hydrogen (secondary N) is 3. The molecule has 3 N–H and O–H groups in total. The lowest BCUT2D eigenvalue weighted by Gasteiger charge is -2.38. The third-order valence-corrected chi connectivity index (χ3v) is 10.4. The lowest BCUT2D eigenvalue weighted by atomic mass is 9.79. The molecule has 12 heteroatoms. The van der Waals surface area contributed by atoms with Gasteiger partial charge in [-0.3, -0.25) is 4.79 Å². The van der Waals surface area contributed by atoms with Gasteiger partial charge in [-0.25, -0.2) is 22.8 Å².